The van der Waals surface area contributed by atoms with Gasteiger partial charge in [-0.2, -0.15) is 0 Å². The van der Waals surface area contributed by atoms with Crippen molar-refractivity contribution in [2.45, 2.75) is 43.8 Å². The van der Waals surface area contributed by atoms with Gasteiger partial charge in [-0.05, 0) is 85.6 Å². The van der Waals surface area contributed by atoms with Crippen molar-refractivity contribution < 1.29 is 22.7 Å². The summed E-state index contributed by atoms with van der Waals surface area (Å²) in [6.07, 6.45) is 0.184. The van der Waals surface area contributed by atoms with Crippen LogP contribution in [0.1, 0.15) is 25.0 Å². The van der Waals surface area contributed by atoms with Gasteiger partial charge in [0.05, 0.1) is 20.6 Å². The Morgan fingerprint density at radius 3 is 1.90 bits per heavy atom. The monoisotopic (exact) mass is 729 g/mol. The van der Waals surface area contributed by atoms with E-state index in [2.05, 4.69) is 5.32 Å². The number of halogens is 2. The first-order chi connectivity index (χ1) is 24.0. The minimum atomic E-state index is -4.26. The summed E-state index contributed by atoms with van der Waals surface area (Å²) in [7, 11) is -4.26. The van der Waals surface area contributed by atoms with Crippen molar-refractivity contribution in [2.75, 3.05) is 10.8 Å². The van der Waals surface area contributed by atoms with Gasteiger partial charge in [-0.1, -0.05) is 96.0 Å². The van der Waals surface area contributed by atoms with E-state index in [1.165, 1.54) is 17.0 Å². The van der Waals surface area contributed by atoms with Gasteiger partial charge in [0, 0.05) is 19.0 Å². The SMILES string of the molecule is CC(C)NC(=O)[C@H](Cc1ccccc1)N(Cc1ccc(Cl)c(Cl)c1)C(=O)CN(c1ccc(Oc2ccccc2)cc1)S(=O)(=O)c1ccccc1. The van der Waals surface area contributed by atoms with Gasteiger partial charge in [-0.25, -0.2) is 8.42 Å². The molecule has 50 heavy (non-hydrogen) atoms. The summed E-state index contributed by atoms with van der Waals surface area (Å²) in [4.78, 5) is 29.9. The number of hydrogen-bond donors (Lipinski definition) is 1. The second-order valence-corrected chi connectivity index (χ2v) is 14.5. The lowest BCUT2D eigenvalue weighted by molar-refractivity contribution is -0.140. The Balaban J connectivity index is 1.56. The van der Waals surface area contributed by atoms with Crippen LogP contribution in [-0.2, 0) is 32.6 Å². The van der Waals surface area contributed by atoms with Gasteiger partial charge in [-0.3, -0.25) is 13.9 Å². The fraction of sp³-hybridized carbons (Fsp3) is 0.179. The lowest BCUT2D eigenvalue weighted by atomic mass is 10.0. The fourth-order valence-corrected chi connectivity index (χ4v) is 7.08. The van der Waals surface area contributed by atoms with Crippen molar-refractivity contribution in [3.63, 3.8) is 0 Å². The second-order valence-electron chi connectivity index (χ2n) is 11.9. The molecule has 0 radical (unpaired) electrons. The average molecular weight is 731 g/mol. The fourth-order valence-electron chi connectivity index (χ4n) is 5.32. The zero-order chi connectivity index (χ0) is 35.7. The normalized spacial score (nSPS) is 11.9. The molecule has 0 fully saturated rings. The molecule has 0 aliphatic carbocycles. The molecule has 2 amide bonds. The topological polar surface area (TPSA) is 96.0 Å². The van der Waals surface area contributed by atoms with Gasteiger partial charge in [0.1, 0.15) is 24.1 Å². The Morgan fingerprint density at radius 2 is 1.30 bits per heavy atom. The van der Waals surface area contributed by atoms with E-state index >= 15 is 0 Å². The van der Waals surface area contributed by atoms with Crippen LogP contribution in [0.5, 0.6) is 11.5 Å². The number of anilines is 1. The van der Waals surface area contributed by atoms with Gasteiger partial charge < -0.3 is 15.0 Å². The maximum Gasteiger partial charge on any atom is 0.264 e. The highest BCUT2D eigenvalue weighted by atomic mass is 35.5. The first-order valence-electron chi connectivity index (χ1n) is 16.0. The summed E-state index contributed by atoms with van der Waals surface area (Å²) in [5.74, 6) is 0.126. The highest BCUT2D eigenvalue weighted by Gasteiger charge is 2.35. The number of nitrogens with one attached hydrogen (secondary N) is 1. The Kier molecular flexibility index (Phi) is 12.2. The molecule has 0 bridgehead atoms. The van der Waals surface area contributed by atoms with Crippen LogP contribution in [0.15, 0.2) is 138 Å². The largest absolute Gasteiger partial charge is 0.457 e. The Bertz CT molecular complexity index is 2000. The zero-order valence-electron chi connectivity index (χ0n) is 27.6. The minimum Gasteiger partial charge on any atom is -0.457 e. The Hall–Kier alpha value is -4.83. The molecule has 11 heteroatoms. The third-order valence-corrected chi connectivity index (χ3v) is 10.3. The number of rotatable bonds is 14. The van der Waals surface area contributed by atoms with Crippen LogP contribution in [0.2, 0.25) is 10.0 Å². The molecule has 0 spiro atoms. The predicted molar refractivity (Wildman–Crippen MR) is 198 cm³/mol. The number of carbonyl (C=O) groups excluding carboxylic acids is 2. The van der Waals surface area contributed by atoms with Crippen molar-refractivity contribution in [2.24, 2.45) is 0 Å². The first kappa shape index (κ1) is 36.5. The smallest absolute Gasteiger partial charge is 0.264 e. The van der Waals surface area contributed by atoms with E-state index in [1.54, 1.807) is 60.7 Å². The van der Waals surface area contributed by atoms with Crippen LogP contribution >= 0.6 is 23.2 Å². The maximum absolute atomic E-state index is 14.6. The third kappa shape index (κ3) is 9.44. The second kappa shape index (κ2) is 16.7. The summed E-state index contributed by atoms with van der Waals surface area (Å²) < 4.78 is 35.5. The molecule has 0 aliphatic heterocycles. The highest BCUT2D eigenvalue weighted by molar-refractivity contribution is 7.92. The average Bonchev–Trinajstić information content (AvgIpc) is 3.11. The molecule has 5 aromatic carbocycles. The van der Waals surface area contributed by atoms with Gasteiger partial charge in [0.2, 0.25) is 11.8 Å². The van der Waals surface area contributed by atoms with Gasteiger partial charge in [0.25, 0.3) is 10.0 Å². The molecular formula is C39H37Cl2N3O5S. The molecule has 0 unspecified atom stereocenters. The highest BCUT2D eigenvalue weighted by Crippen LogP contribution is 2.29. The molecule has 258 valence electrons. The van der Waals surface area contributed by atoms with E-state index in [9.17, 15) is 18.0 Å². The van der Waals surface area contributed by atoms with Crippen LogP contribution in [-0.4, -0.2) is 43.8 Å². The predicted octanol–water partition coefficient (Wildman–Crippen LogP) is 8.15. The number of nitrogens with zero attached hydrogens (tertiary/aromatic N) is 2. The molecule has 0 aliphatic rings. The molecule has 0 saturated carbocycles. The third-order valence-electron chi connectivity index (χ3n) is 7.75. The van der Waals surface area contributed by atoms with E-state index in [-0.39, 0.29) is 40.5 Å². The molecule has 0 aromatic heterocycles. The molecule has 1 atom stereocenters. The number of ether oxygens (including phenoxy) is 1. The number of para-hydroxylation sites is 1. The summed E-state index contributed by atoms with van der Waals surface area (Å²) in [6, 6.07) is 36.6. The quantitative estimate of drug-likeness (QED) is 0.125. The van der Waals surface area contributed by atoms with Crippen LogP contribution in [0.25, 0.3) is 0 Å². The summed E-state index contributed by atoms with van der Waals surface area (Å²) in [5.41, 5.74) is 1.68. The minimum absolute atomic E-state index is 0.00633. The molecule has 0 saturated heterocycles. The van der Waals surface area contributed by atoms with Crippen LogP contribution < -0.4 is 14.4 Å². The lowest BCUT2D eigenvalue weighted by Crippen LogP contribution is -2.54. The van der Waals surface area contributed by atoms with Gasteiger partial charge in [0.15, 0.2) is 0 Å². The Morgan fingerprint density at radius 1 is 0.720 bits per heavy atom. The van der Waals surface area contributed by atoms with Crippen LogP contribution in [0, 0.1) is 0 Å². The number of hydrogen-bond acceptors (Lipinski definition) is 5. The molecule has 5 aromatic rings. The van der Waals surface area contributed by atoms with E-state index in [1.807, 2.05) is 74.5 Å². The molecule has 0 heterocycles. The van der Waals surface area contributed by atoms with Crippen molar-refractivity contribution in [3.05, 3.63) is 155 Å². The van der Waals surface area contributed by atoms with Gasteiger partial charge >= 0.3 is 0 Å². The zero-order valence-corrected chi connectivity index (χ0v) is 29.9. The number of sulfonamides is 1. The number of carbonyl (C=O) groups is 2. The number of benzene rings is 5. The maximum atomic E-state index is 14.6. The van der Waals surface area contributed by atoms with Crippen LogP contribution in [0.3, 0.4) is 0 Å². The molecular weight excluding hydrogens is 693 g/mol. The molecule has 5 rings (SSSR count). The summed E-state index contributed by atoms with van der Waals surface area (Å²) >= 11 is 12.6. The standard InChI is InChI=1S/C39H37Cl2N3O5S/c1-28(2)42-39(46)37(25-29-12-6-3-7-13-29)43(26-30-18-23-35(40)36(41)24-30)38(45)27-44(50(47,48)34-16-10-5-11-17-34)31-19-21-33(22-20-31)49-32-14-8-4-9-15-32/h3-24,28,37H,25-27H2,1-2H3,(H,42,46)/t37-/m0/s1. The van der Waals surface area contributed by atoms with E-state index in [0.29, 0.717) is 22.1 Å². The van der Waals surface area contributed by atoms with E-state index in [4.69, 9.17) is 27.9 Å². The van der Waals surface area contributed by atoms with E-state index < -0.39 is 28.5 Å². The van der Waals surface area contributed by atoms with Crippen molar-refractivity contribution >= 4 is 50.7 Å². The number of amides is 2. The van der Waals surface area contributed by atoms with Crippen molar-refractivity contribution in [1.82, 2.24) is 10.2 Å². The lowest BCUT2D eigenvalue weighted by Gasteiger charge is -2.34. The summed E-state index contributed by atoms with van der Waals surface area (Å²) in [5, 5.41) is 3.57. The van der Waals surface area contributed by atoms with Gasteiger partial charge in [-0.15, -0.1) is 0 Å². The van der Waals surface area contributed by atoms with Crippen molar-refractivity contribution in [1.29, 1.82) is 0 Å². The summed E-state index contributed by atoms with van der Waals surface area (Å²) in [6.45, 7) is 3.03. The van der Waals surface area contributed by atoms with E-state index in [0.717, 1.165) is 9.87 Å². The first-order valence-corrected chi connectivity index (χ1v) is 18.2. The molecule has 8 nitrogen and oxygen atoms in total. The van der Waals surface area contributed by atoms with Crippen molar-refractivity contribution in [3.8, 4) is 11.5 Å². The van der Waals surface area contributed by atoms with Crippen LogP contribution in [0.4, 0.5) is 5.69 Å². The Labute approximate surface area is 303 Å². The molecule has 1 N–H and O–H groups in total.